The van der Waals surface area contributed by atoms with Crippen LogP contribution in [0.3, 0.4) is 0 Å². The molecule has 0 radical (unpaired) electrons. The molecular formula is C28H24N4O3. The second kappa shape index (κ2) is 9.38. The van der Waals surface area contributed by atoms with E-state index >= 15 is 0 Å². The zero-order valence-corrected chi connectivity index (χ0v) is 19.4. The van der Waals surface area contributed by atoms with Crippen molar-refractivity contribution in [2.75, 3.05) is 12.4 Å². The molecule has 1 aliphatic heterocycles. The zero-order valence-electron chi connectivity index (χ0n) is 19.4. The van der Waals surface area contributed by atoms with Gasteiger partial charge in [0.2, 0.25) is 5.91 Å². The van der Waals surface area contributed by atoms with Gasteiger partial charge in [0.25, 0.3) is 0 Å². The Bertz CT molecular complexity index is 1420. The van der Waals surface area contributed by atoms with E-state index in [1.165, 1.54) is 7.11 Å². The Kier molecular flexibility index (Phi) is 5.97. The maximum Gasteiger partial charge on any atom is 0.337 e. The van der Waals surface area contributed by atoms with Crippen LogP contribution in [0.2, 0.25) is 0 Å². The van der Waals surface area contributed by atoms with Gasteiger partial charge in [-0.3, -0.25) is 9.79 Å². The molecule has 7 nitrogen and oxygen atoms in total. The van der Waals surface area contributed by atoms with Crippen LogP contribution in [0.15, 0.2) is 90.2 Å². The summed E-state index contributed by atoms with van der Waals surface area (Å²) < 4.78 is 6.89. The van der Waals surface area contributed by atoms with Crippen molar-refractivity contribution in [3.8, 4) is 11.4 Å². The van der Waals surface area contributed by atoms with Crippen LogP contribution in [-0.2, 0) is 16.1 Å². The fraction of sp³-hybridized carbons (Fsp3) is 0.143. The van der Waals surface area contributed by atoms with E-state index in [9.17, 15) is 9.59 Å². The molecule has 0 spiro atoms. The predicted octanol–water partition coefficient (Wildman–Crippen LogP) is 5.21. The number of carbonyl (C=O) groups excluding carboxylic acids is 2. The van der Waals surface area contributed by atoms with Gasteiger partial charge >= 0.3 is 5.97 Å². The molecule has 1 aromatic heterocycles. The number of esters is 1. The highest BCUT2D eigenvalue weighted by molar-refractivity contribution is 6.24. The molecule has 4 aromatic rings. The van der Waals surface area contributed by atoms with Crippen LogP contribution in [0.1, 0.15) is 34.3 Å². The van der Waals surface area contributed by atoms with Crippen LogP contribution in [0.25, 0.3) is 11.4 Å². The summed E-state index contributed by atoms with van der Waals surface area (Å²) in [6, 6.07) is 22.6. The van der Waals surface area contributed by atoms with Gasteiger partial charge in [-0.1, -0.05) is 36.4 Å². The Hall–Kier alpha value is -4.52. The fourth-order valence-corrected chi connectivity index (χ4v) is 4.33. The normalized spacial score (nSPS) is 15.0. The molecule has 2 heterocycles. The predicted molar refractivity (Wildman–Crippen MR) is 135 cm³/mol. The quantitative estimate of drug-likeness (QED) is 0.313. The number of hydrogen-bond donors (Lipinski definition) is 1. The summed E-state index contributed by atoms with van der Waals surface area (Å²) in [7, 11) is 1.33. The SMILES string of the molecule is CCn1ccnc1-c1ccc(N=C(c2ccccc2)C2C(=O)Nc3cc(C(=O)OC)ccc32)cc1. The van der Waals surface area contributed by atoms with Crippen molar-refractivity contribution in [3.05, 3.63) is 102 Å². The van der Waals surface area contributed by atoms with Gasteiger partial charge in [-0.2, -0.15) is 0 Å². The number of imidazole rings is 1. The summed E-state index contributed by atoms with van der Waals surface area (Å²) in [5.74, 6) is -0.355. The number of fused-ring (bicyclic) bond motifs is 1. The number of anilines is 1. The van der Waals surface area contributed by atoms with Gasteiger partial charge in [0.05, 0.1) is 24.1 Å². The lowest BCUT2D eigenvalue weighted by molar-refractivity contribution is -0.115. The Labute approximate surface area is 203 Å². The third-order valence-electron chi connectivity index (χ3n) is 6.08. The Morgan fingerprint density at radius 2 is 1.83 bits per heavy atom. The second-order valence-corrected chi connectivity index (χ2v) is 8.16. The van der Waals surface area contributed by atoms with Crippen LogP contribution in [0.4, 0.5) is 11.4 Å². The summed E-state index contributed by atoms with van der Waals surface area (Å²) in [5.41, 5.74) is 4.95. The molecule has 1 N–H and O–H groups in total. The second-order valence-electron chi connectivity index (χ2n) is 8.16. The Balaban J connectivity index is 1.56. The average Bonchev–Trinajstić information content (AvgIpc) is 3.51. The molecule has 0 saturated carbocycles. The van der Waals surface area contributed by atoms with E-state index in [2.05, 4.69) is 21.8 Å². The van der Waals surface area contributed by atoms with E-state index in [0.717, 1.165) is 34.7 Å². The number of hydrogen-bond acceptors (Lipinski definition) is 5. The first-order valence-corrected chi connectivity index (χ1v) is 11.4. The van der Waals surface area contributed by atoms with Crippen molar-refractivity contribution < 1.29 is 14.3 Å². The summed E-state index contributed by atoms with van der Waals surface area (Å²) in [6.45, 7) is 2.91. The molecule has 0 saturated heterocycles. The third kappa shape index (κ3) is 4.24. The van der Waals surface area contributed by atoms with E-state index in [0.29, 0.717) is 17.0 Å². The van der Waals surface area contributed by atoms with Gasteiger partial charge in [0.15, 0.2) is 0 Å². The monoisotopic (exact) mass is 464 g/mol. The average molecular weight is 465 g/mol. The molecule has 0 bridgehead atoms. The first kappa shape index (κ1) is 22.3. The number of ether oxygens (including phenoxy) is 1. The summed E-state index contributed by atoms with van der Waals surface area (Å²) in [5, 5.41) is 2.90. The number of amides is 1. The smallest absolute Gasteiger partial charge is 0.337 e. The minimum absolute atomic E-state index is 0.189. The van der Waals surface area contributed by atoms with Crippen molar-refractivity contribution in [1.82, 2.24) is 9.55 Å². The lowest BCUT2D eigenvalue weighted by atomic mass is 9.90. The molecule has 174 valence electrons. The van der Waals surface area contributed by atoms with Crippen LogP contribution in [0, 0.1) is 0 Å². The molecule has 3 aromatic carbocycles. The lowest BCUT2D eigenvalue weighted by Crippen LogP contribution is -2.21. The molecule has 5 rings (SSSR count). The van der Waals surface area contributed by atoms with Crippen LogP contribution >= 0.6 is 0 Å². The zero-order chi connectivity index (χ0) is 24.4. The van der Waals surface area contributed by atoms with Gasteiger partial charge in [-0.05, 0) is 54.4 Å². The lowest BCUT2D eigenvalue weighted by Gasteiger charge is -2.14. The standard InChI is InChI=1S/C28H24N4O3/c1-3-32-16-15-29-26(32)19-9-12-21(13-10-19)30-25(18-7-5-4-6-8-18)24-22-14-11-20(28(34)35-2)17-23(22)31-27(24)33/h4-17,24H,3H2,1-2H3,(H,31,33). The van der Waals surface area contributed by atoms with E-state index in [4.69, 9.17) is 9.73 Å². The van der Waals surface area contributed by atoms with E-state index in [-0.39, 0.29) is 5.91 Å². The summed E-state index contributed by atoms with van der Waals surface area (Å²) >= 11 is 0. The van der Waals surface area contributed by atoms with Gasteiger partial charge in [0.1, 0.15) is 11.7 Å². The number of carbonyl (C=O) groups is 2. The Morgan fingerprint density at radius 3 is 2.54 bits per heavy atom. The van der Waals surface area contributed by atoms with Crippen molar-refractivity contribution in [3.63, 3.8) is 0 Å². The first-order valence-electron chi connectivity index (χ1n) is 11.4. The number of benzene rings is 3. The molecule has 1 amide bonds. The largest absolute Gasteiger partial charge is 0.465 e. The summed E-state index contributed by atoms with van der Waals surface area (Å²) in [4.78, 5) is 34.5. The minimum Gasteiger partial charge on any atom is -0.465 e. The highest BCUT2D eigenvalue weighted by atomic mass is 16.5. The molecule has 0 fully saturated rings. The maximum atomic E-state index is 13.1. The minimum atomic E-state index is -0.613. The molecular weight excluding hydrogens is 440 g/mol. The Morgan fingerprint density at radius 1 is 1.06 bits per heavy atom. The molecule has 1 atom stereocenters. The maximum absolute atomic E-state index is 13.1. The van der Waals surface area contributed by atoms with E-state index in [1.807, 2.05) is 60.8 Å². The van der Waals surface area contributed by atoms with Gasteiger partial charge in [-0.15, -0.1) is 0 Å². The number of nitrogens with one attached hydrogen (secondary N) is 1. The first-order chi connectivity index (χ1) is 17.1. The van der Waals surface area contributed by atoms with Crippen molar-refractivity contribution in [2.45, 2.75) is 19.4 Å². The van der Waals surface area contributed by atoms with Crippen molar-refractivity contribution in [1.29, 1.82) is 0 Å². The van der Waals surface area contributed by atoms with Crippen LogP contribution in [0.5, 0.6) is 0 Å². The molecule has 1 unspecified atom stereocenters. The molecule has 7 heteroatoms. The highest BCUT2D eigenvalue weighted by Crippen LogP contribution is 2.37. The topological polar surface area (TPSA) is 85.6 Å². The number of aliphatic imine (C=N–C) groups is 1. The van der Waals surface area contributed by atoms with E-state index in [1.54, 1.807) is 24.4 Å². The molecule has 1 aliphatic rings. The number of rotatable bonds is 6. The van der Waals surface area contributed by atoms with Crippen molar-refractivity contribution >= 4 is 29.0 Å². The number of aromatic nitrogens is 2. The third-order valence-corrected chi connectivity index (χ3v) is 6.08. The van der Waals surface area contributed by atoms with E-state index < -0.39 is 11.9 Å². The summed E-state index contributed by atoms with van der Waals surface area (Å²) in [6.07, 6.45) is 3.75. The van der Waals surface area contributed by atoms with Gasteiger partial charge < -0.3 is 14.6 Å². The van der Waals surface area contributed by atoms with Gasteiger partial charge in [0, 0.05) is 30.2 Å². The fourth-order valence-electron chi connectivity index (χ4n) is 4.33. The molecule has 0 aliphatic carbocycles. The van der Waals surface area contributed by atoms with Crippen molar-refractivity contribution in [2.24, 2.45) is 4.99 Å². The van der Waals surface area contributed by atoms with Gasteiger partial charge in [-0.25, -0.2) is 9.78 Å². The van der Waals surface area contributed by atoms with Crippen LogP contribution in [-0.4, -0.2) is 34.2 Å². The number of methoxy groups -OCH3 is 1. The molecule has 35 heavy (non-hydrogen) atoms. The number of aryl methyl sites for hydroxylation is 1. The number of nitrogens with zero attached hydrogens (tertiary/aromatic N) is 3. The highest BCUT2D eigenvalue weighted by Gasteiger charge is 2.36. The van der Waals surface area contributed by atoms with Crippen LogP contribution < -0.4 is 5.32 Å².